The van der Waals surface area contributed by atoms with Crippen LogP contribution in [0, 0.1) is 0 Å². The van der Waals surface area contributed by atoms with E-state index in [9.17, 15) is 18.0 Å². The molecule has 2 N–H and O–H groups in total. The highest BCUT2D eigenvalue weighted by atomic mass is 32.2. The van der Waals surface area contributed by atoms with E-state index in [4.69, 9.17) is 8.92 Å². The summed E-state index contributed by atoms with van der Waals surface area (Å²) in [5.41, 5.74) is -1.20. The molecule has 3 rings (SSSR count). The SMILES string of the molecule is COc1cccc(OS(=O)(=O)c2ccc3[nH]c(=O)c(=O)[nH]c3c2)c1. The highest BCUT2D eigenvalue weighted by Gasteiger charge is 2.18. The summed E-state index contributed by atoms with van der Waals surface area (Å²) in [4.78, 5) is 27.1. The van der Waals surface area contributed by atoms with Gasteiger partial charge in [-0.25, -0.2) is 0 Å². The van der Waals surface area contributed by atoms with E-state index in [0.717, 1.165) is 0 Å². The number of ether oxygens (including phenoxy) is 1. The predicted octanol–water partition coefficient (Wildman–Crippen LogP) is 0.993. The fourth-order valence-electron chi connectivity index (χ4n) is 2.08. The number of hydrogen-bond acceptors (Lipinski definition) is 6. The van der Waals surface area contributed by atoms with Gasteiger partial charge in [0, 0.05) is 6.07 Å². The molecule has 0 bridgehead atoms. The Bertz CT molecular complexity index is 1130. The van der Waals surface area contributed by atoms with E-state index in [2.05, 4.69) is 9.97 Å². The molecule has 0 atom stereocenters. The summed E-state index contributed by atoms with van der Waals surface area (Å²) in [6.07, 6.45) is 0. The number of aromatic amines is 2. The van der Waals surface area contributed by atoms with Crippen molar-refractivity contribution < 1.29 is 17.3 Å². The molecule has 0 aliphatic heterocycles. The minimum atomic E-state index is -4.12. The van der Waals surface area contributed by atoms with Crippen molar-refractivity contribution in [2.75, 3.05) is 7.11 Å². The zero-order valence-electron chi connectivity index (χ0n) is 12.4. The van der Waals surface area contributed by atoms with Crippen molar-refractivity contribution in [2.24, 2.45) is 0 Å². The second kappa shape index (κ2) is 5.85. The summed E-state index contributed by atoms with van der Waals surface area (Å²) >= 11 is 0. The van der Waals surface area contributed by atoms with E-state index in [1.54, 1.807) is 12.1 Å². The maximum absolute atomic E-state index is 12.4. The first-order valence-electron chi connectivity index (χ1n) is 6.74. The lowest BCUT2D eigenvalue weighted by molar-refractivity contribution is 0.411. The van der Waals surface area contributed by atoms with Crippen LogP contribution in [0.5, 0.6) is 11.5 Å². The van der Waals surface area contributed by atoms with E-state index < -0.39 is 21.2 Å². The van der Waals surface area contributed by atoms with Crippen LogP contribution in [0.25, 0.3) is 11.0 Å². The van der Waals surface area contributed by atoms with Gasteiger partial charge in [0.25, 0.3) is 0 Å². The molecule has 0 spiro atoms. The summed E-state index contributed by atoms with van der Waals surface area (Å²) < 4.78 is 34.8. The van der Waals surface area contributed by atoms with Gasteiger partial charge in [-0.05, 0) is 30.3 Å². The molecule has 0 unspecified atom stereocenters. The molecule has 9 heteroatoms. The highest BCUT2D eigenvalue weighted by Crippen LogP contribution is 2.24. The topological polar surface area (TPSA) is 118 Å². The third kappa shape index (κ3) is 3.01. The van der Waals surface area contributed by atoms with Crippen LogP contribution in [0.4, 0.5) is 0 Å². The summed E-state index contributed by atoms with van der Waals surface area (Å²) in [6, 6.07) is 9.99. The number of hydrogen-bond donors (Lipinski definition) is 2. The van der Waals surface area contributed by atoms with Crippen LogP contribution in [-0.4, -0.2) is 25.5 Å². The summed E-state index contributed by atoms with van der Waals surface area (Å²) in [7, 11) is -2.67. The number of aromatic nitrogens is 2. The van der Waals surface area contributed by atoms with Crippen molar-refractivity contribution in [3.63, 3.8) is 0 Å². The first kappa shape index (κ1) is 15.8. The van der Waals surface area contributed by atoms with Crippen molar-refractivity contribution >= 4 is 21.2 Å². The Balaban J connectivity index is 2.02. The molecule has 0 aliphatic carbocycles. The van der Waals surface area contributed by atoms with E-state index in [0.29, 0.717) is 11.3 Å². The normalized spacial score (nSPS) is 11.4. The van der Waals surface area contributed by atoms with Gasteiger partial charge in [0.1, 0.15) is 16.4 Å². The smallest absolute Gasteiger partial charge is 0.339 e. The van der Waals surface area contributed by atoms with Crippen LogP contribution >= 0.6 is 0 Å². The predicted molar refractivity (Wildman–Crippen MR) is 86.0 cm³/mol. The van der Waals surface area contributed by atoms with Gasteiger partial charge in [0.05, 0.1) is 18.1 Å². The lowest BCUT2D eigenvalue weighted by Crippen LogP contribution is -2.29. The number of benzene rings is 2. The lowest BCUT2D eigenvalue weighted by atomic mass is 10.3. The second-order valence-corrected chi connectivity index (χ2v) is 6.38. The number of nitrogens with one attached hydrogen (secondary N) is 2. The van der Waals surface area contributed by atoms with Gasteiger partial charge < -0.3 is 18.9 Å². The lowest BCUT2D eigenvalue weighted by Gasteiger charge is -2.08. The van der Waals surface area contributed by atoms with Crippen LogP contribution < -0.4 is 20.0 Å². The Hall–Kier alpha value is -3.07. The van der Waals surface area contributed by atoms with Gasteiger partial charge in [-0.3, -0.25) is 9.59 Å². The minimum Gasteiger partial charge on any atom is -0.497 e. The third-order valence-corrected chi connectivity index (χ3v) is 4.47. The minimum absolute atomic E-state index is 0.0874. The summed E-state index contributed by atoms with van der Waals surface area (Å²) in [5, 5.41) is 0. The molecule has 1 heterocycles. The van der Waals surface area contributed by atoms with E-state index in [-0.39, 0.29) is 16.2 Å². The van der Waals surface area contributed by atoms with Crippen molar-refractivity contribution in [1.82, 2.24) is 9.97 Å². The van der Waals surface area contributed by atoms with Crippen LogP contribution in [0.15, 0.2) is 56.9 Å². The molecule has 1 aromatic heterocycles. The number of rotatable bonds is 4. The number of fused-ring (bicyclic) bond motifs is 1. The Morgan fingerprint density at radius 1 is 0.875 bits per heavy atom. The Kier molecular flexibility index (Phi) is 3.86. The van der Waals surface area contributed by atoms with E-state index >= 15 is 0 Å². The fraction of sp³-hybridized carbons (Fsp3) is 0.0667. The van der Waals surface area contributed by atoms with E-state index in [1.807, 2.05) is 0 Å². The van der Waals surface area contributed by atoms with Gasteiger partial charge in [0.2, 0.25) is 0 Å². The maximum Gasteiger partial charge on any atom is 0.339 e. The molecular weight excluding hydrogens is 336 g/mol. The molecule has 3 aromatic rings. The van der Waals surface area contributed by atoms with Gasteiger partial charge in [0.15, 0.2) is 0 Å². The molecule has 24 heavy (non-hydrogen) atoms. The molecule has 2 aromatic carbocycles. The Morgan fingerprint density at radius 3 is 2.25 bits per heavy atom. The van der Waals surface area contributed by atoms with Gasteiger partial charge in [-0.1, -0.05) is 6.07 Å². The number of H-pyrrole nitrogens is 2. The van der Waals surface area contributed by atoms with Gasteiger partial charge in [-0.15, -0.1) is 0 Å². The molecule has 124 valence electrons. The zero-order chi connectivity index (χ0) is 17.3. The van der Waals surface area contributed by atoms with Gasteiger partial charge in [-0.2, -0.15) is 8.42 Å². The molecular formula is C15H12N2O6S. The average Bonchev–Trinajstić information content (AvgIpc) is 2.55. The van der Waals surface area contributed by atoms with Crippen LogP contribution in [0.1, 0.15) is 0 Å². The second-order valence-electron chi connectivity index (χ2n) is 4.83. The van der Waals surface area contributed by atoms with E-state index in [1.165, 1.54) is 37.4 Å². The van der Waals surface area contributed by atoms with Crippen molar-refractivity contribution in [2.45, 2.75) is 4.90 Å². The molecule has 0 saturated carbocycles. The fourth-order valence-corrected chi connectivity index (χ4v) is 3.03. The summed E-state index contributed by atoms with van der Waals surface area (Å²) in [5.74, 6) is 0.535. The summed E-state index contributed by atoms with van der Waals surface area (Å²) in [6.45, 7) is 0. The van der Waals surface area contributed by atoms with Crippen molar-refractivity contribution in [3.8, 4) is 11.5 Å². The highest BCUT2D eigenvalue weighted by molar-refractivity contribution is 7.87. The Morgan fingerprint density at radius 2 is 1.54 bits per heavy atom. The molecule has 0 fully saturated rings. The molecule has 0 amide bonds. The maximum atomic E-state index is 12.4. The van der Waals surface area contributed by atoms with Crippen molar-refractivity contribution in [3.05, 3.63) is 63.2 Å². The quantitative estimate of drug-likeness (QED) is 0.536. The average molecular weight is 348 g/mol. The first-order valence-corrected chi connectivity index (χ1v) is 8.15. The first-order chi connectivity index (χ1) is 11.4. The monoisotopic (exact) mass is 348 g/mol. The molecule has 0 radical (unpaired) electrons. The van der Waals surface area contributed by atoms with Crippen LogP contribution in [0.2, 0.25) is 0 Å². The van der Waals surface area contributed by atoms with Crippen LogP contribution in [-0.2, 0) is 10.1 Å². The standard InChI is InChI=1S/C15H12N2O6S/c1-22-9-3-2-4-10(7-9)23-24(20,21)11-5-6-12-13(8-11)17-15(19)14(18)16-12/h2-8H,1H3,(H,16,18)(H,17,19). The molecule has 0 saturated heterocycles. The van der Waals surface area contributed by atoms with Gasteiger partial charge >= 0.3 is 21.2 Å². The largest absolute Gasteiger partial charge is 0.497 e. The Labute approximate surface area is 135 Å². The zero-order valence-corrected chi connectivity index (χ0v) is 13.2. The molecule has 0 aliphatic rings. The molecule has 8 nitrogen and oxygen atoms in total. The third-order valence-electron chi connectivity index (χ3n) is 3.23. The number of methoxy groups -OCH3 is 1. The van der Waals surface area contributed by atoms with Crippen molar-refractivity contribution in [1.29, 1.82) is 0 Å². The van der Waals surface area contributed by atoms with Crippen LogP contribution in [0.3, 0.4) is 0 Å².